The van der Waals surface area contributed by atoms with Crippen molar-refractivity contribution < 1.29 is 14.3 Å². The molecule has 2 rings (SSSR count). The standard InChI is InChI=1S/C21H37N3O3/c1-17(2)14-18(9-11-25)15-23-21(22-10-8-19-7-5-13-26-19)24-16-20-6-3-4-12-27-20/h5,7,13,17-18,20,25H,3-4,6,8-12,14-16H2,1-2H3,(H2,22,23,24). The minimum atomic E-state index is 0.220. The fraction of sp³-hybridized carbons (Fsp3) is 0.762. The molecule has 6 nitrogen and oxygen atoms in total. The van der Waals surface area contributed by atoms with Crippen LogP contribution in [0.1, 0.15) is 51.7 Å². The minimum Gasteiger partial charge on any atom is -0.469 e. The molecule has 0 saturated carbocycles. The molecule has 1 aliphatic rings. The maximum atomic E-state index is 9.33. The van der Waals surface area contributed by atoms with Crippen molar-refractivity contribution in [2.75, 3.05) is 32.8 Å². The van der Waals surface area contributed by atoms with Crippen LogP contribution in [0.2, 0.25) is 0 Å². The number of aliphatic hydroxyl groups is 1. The van der Waals surface area contributed by atoms with E-state index in [0.29, 0.717) is 11.8 Å². The van der Waals surface area contributed by atoms with Gasteiger partial charge in [0.1, 0.15) is 5.76 Å². The summed E-state index contributed by atoms with van der Waals surface area (Å²) in [6, 6.07) is 3.90. The van der Waals surface area contributed by atoms with E-state index in [0.717, 1.165) is 70.1 Å². The Morgan fingerprint density at radius 1 is 1.33 bits per heavy atom. The highest BCUT2D eigenvalue weighted by Crippen LogP contribution is 2.15. The van der Waals surface area contributed by atoms with Gasteiger partial charge in [0.25, 0.3) is 0 Å². The summed E-state index contributed by atoms with van der Waals surface area (Å²) in [4.78, 5) is 4.80. The Hall–Kier alpha value is -1.53. The van der Waals surface area contributed by atoms with Crippen LogP contribution in [0, 0.1) is 11.8 Å². The predicted octanol–water partition coefficient (Wildman–Crippen LogP) is 2.97. The zero-order valence-corrected chi connectivity index (χ0v) is 17.0. The van der Waals surface area contributed by atoms with Gasteiger partial charge in [-0.1, -0.05) is 13.8 Å². The van der Waals surface area contributed by atoms with Crippen LogP contribution in [0.15, 0.2) is 27.8 Å². The molecule has 1 aromatic rings. The van der Waals surface area contributed by atoms with Crippen molar-refractivity contribution in [3.8, 4) is 0 Å². The highest BCUT2D eigenvalue weighted by Gasteiger charge is 2.15. The molecule has 2 unspecified atom stereocenters. The van der Waals surface area contributed by atoms with Gasteiger partial charge in [-0.3, -0.25) is 4.99 Å². The average Bonchev–Trinajstić information content (AvgIpc) is 3.17. The lowest BCUT2D eigenvalue weighted by Crippen LogP contribution is -2.43. The number of nitrogens with zero attached hydrogens (tertiary/aromatic N) is 1. The van der Waals surface area contributed by atoms with E-state index < -0.39 is 0 Å². The molecule has 0 spiro atoms. The highest BCUT2D eigenvalue weighted by atomic mass is 16.5. The summed E-state index contributed by atoms with van der Waals surface area (Å²) in [6.45, 7) is 7.78. The molecule has 0 aliphatic carbocycles. The first-order valence-corrected chi connectivity index (χ1v) is 10.4. The number of guanidine groups is 1. The van der Waals surface area contributed by atoms with E-state index in [2.05, 4.69) is 24.5 Å². The lowest BCUT2D eigenvalue weighted by molar-refractivity contribution is 0.0194. The molecule has 2 atom stereocenters. The number of hydrogen-bond donors (Lipinski definition) is 3. The first kappa shape index (κ1) is 21.8. The molecule has 1 fully saturated rings. The quantitative estimate of drug-likeness (QED) is 0.407. The molecule has 0 aromatic carbocycles. The fourth-order valence-electron chi connectivity index (χ4n) is 3.47. The highest BCUT2D eigenvalue weighted by molar-refractivity contribution is 5.79. The predicted molar refractivity (Wildman–Crippen MR) is 109 cm³/mol. The van der Waals surface area contributed by atoms with Crippen molar-refractivity contribution in [2.24, 2.45) is 16.8 Å². The lowest BCUT2D eigenvalue weighted by atomic mass is 9.94. The Morgan fingerprint density at radius 3 is 2.89 bits per heavy atom. The summed E-state index contributed by atoms with van der Waals surface area (Å²) in [5.74, 6) is 2.80. The molecule has 3 N–H and O–H groups in total. The van der Waals surface area contributed by atoms with Crippen molar-refractivity contribution in [2.45, 2.75) is 58.5 Å². The smallest absolute Gasteiger partial charge is 0.191 e. The summed E-state index contributed by atoms with van der Waals surface area (Å²) in [6.07, 6.45) is 8.16. The molecule has 0 bridgehead atoms. The molecular weight excluding hydrogens is 342 g/mol. The summed E-state index contributed by atoms with van der Waals surface area (Å²) in [7, 11) is 0. The minimum absolute atomic E-state index is 0.220. The first-order chi connectivity index (χ1) is 13.2. The molecule has 6 heteroatoms. The second-order valence-corrected chi connectivity index (χ2v) is 7.82. The van der Waals surface area contributed by atoms with Crippen LogP contribution in [0.4, 0.5) is 0 Å². The normalized spacial score (nSPS) is 19.3. The van der Waals surface area contributed by atoms with E-state index in [1.807, 2.05) is 12.1 Å². The number of nitrogens with one attached hydrogen (secondary N) is 2. The molecule has 1 aromatic heterocycles. The second-order valence-electron chi connectivity index (χ2n) is 7.82. The van der Waals surface area contributed by atoms with E-state index in [1.54, 1.807) is 6.26 Å². The summed E-state index contributed by atoms with van der Waals surface area (Å²) >= 11 is 0. The van der Waals surface area contributed by atoms with Crippen molar-refractivity contribution >= 4 is 5.96 Å². The Morgan fingerprint density at radius 2 is 2.22 bits per heavy atom. The van der Waals surface area contributed by atoms with E-state index in [9.17, 15) is 5.11 Å². The van der Waals surface area contributed by atoms with Crippen LogP contribution in [-0.4, -0.2) is 50.0 Å². The molecule has 154 valence electrons. The zero-order chi connectivity index (χ0) is 19.3. The van der Waals surface area contributed by atoms with Crippen molar-refractivity contribution in [3.05, 3.63) is 24.2 Å². The second kappa shape index (κ2) is 12.8. The largest absolute Gasteiger partial charge is 0.469 e. The molecular formula is C21H37N3O3. The Labute approximate surface area is 163 Å². The molecule has 0 amide bonds. The Balaban J connectivity index is 1.86. The van der Waals surface area contributed by atoms with Crippen LogP contribution >= 0.6 is 0 Å². The van der Waals surface area contributed by atoms with E-state index in [4.69, 9.17) is 14.1 Å². The van der Waals surface area contributed by atoms with Gasteiger partial charge in [-0.25, -0.2) is 0 Å². The first-order valence-electron chi connectivity index (χ1n) is 10.4. The zero-order valence-electron chi connectivity index (χ0n) is 17.0. The third-order valence-corrected chi connectivity index (χ3v) is 4.86. The SMILES string of the molecule is CC(C)CC(CCO)CN=C(NCCc1ccco1)NCC1CCCCO1. The maximum Gasteiger partial charge on any atom is 0.191 e. The van der Waals surface area contributed by atoms with Gasteiger partial charge in [-0.05, 0) is 56.1 Å². The maximum absolute atomic E-state index is 9.33. The number of aliphatic imine (C=N–C) groups is 1. The van der Waals surface area contributed by atoms with Crippen LogP contribution < -0.4 is 10.6 Å². The third-order valence-electron chi connectivity index (χ3n) is 4.86. The van der Waals surface area contributed by atoms with Gasteiger partial charge in [0.2, 0.25) is 0 Å². The monoisotopic (exact) mass is 379 g/mol. The van der Waals surface area contributed by atoms with Crippen molar-refractivity contribution in [1.82, 2.24) is 10.6 Å². The van der Waals surface area contributed by atoms with Crippen LogP contribution in [0.25, 0.3) is 0 Å². The van der Waals surface area contributed by atoms with Gasteiger partial charge in [0.05, 0.1) is 12.4 Å². The third kappa shape index (κ3) is 9.29. The van der Waals surface area contributed by atoms with Crippen LogP contribution in [0.5, 0.6) is 0 Å². The number of rotatable bonds is 11. The summed E-state index contributed by atoms with van der Waals surface area (Å²) < 4.78 is 11.2. The van der Waals surface area contributed by atoms with Gasteiger partial charge in [-0.15, -0.1) is 0 Å². The Bertz CT molecular complexity index is 511. The van der Waals surface area contributed by atoms with Crippen molar-refractivity contribution in [1.29, 1.82) is 0 Å². The molecule has 0 radical (unpaired) electrons. The van der Waals surface area contributed by atoms with E-state index in [-0.39, 0.29) is 12.7 Å². The van der Waals surface area contributed by atoms with Gasteiger partial charge in [0.15, 0.2) is 5.96 Å². The van der Waals surface area contributed by atoms with Crippen LogP contribution in [0.3, 0.4) is 0 Å². The Kier molecular flexibility index (Phi) is 10.3. The van der Waals surface area contributed by atoms with Crippen molar-refractivity contribution in [3.63, 3.8) is 0 Å². The van der Waals surface area contributed by atoms with Gasteiger partial charge in [0, 0.05) is 39.3 Å². The van der Waals surface area contributed by atoms with E-state index >= 15 is 0 Å². The summed E-state index contributed by atoms with van der Waals surface area (Å²) in [5.41, 5.74) is 0. The number of furan rings is 1. The summed E-state index contributed by atoms with van der Waals surface area (Å²) in [5, 5.41) is 16.2. The average molecular weight is 380 g/mol. The van der Waals surface area contributed by atoms with Gasteiger partial charge in [-0.2, -0.15) is 0 Å². The molecule has 27 heavy (non-hydrogen) atoms. The van der Waals surface area contributed by atoms with Gasteiger partial charge < -0.3 is 24.9 Å². The number of hydrogen-bond acceptors (Lipinski definition) is 4. The molecule has 2 heterocycles. The van der Waals surface area contributed by atoms with E-state index in [1.165, 1.54) is 6.42 Å². The molecule has 1 aliphatic heterocycles. The fourth-order valence-corrected chi connectivity index (χ4v) is 3.47. The number of ether oxygens (including phenoxy) is 1. The van der Waals surface area contributed by atoms with Gasteiger partial charge >= 0.3 is 0 Å². The van der Waals surface area contributed by atoms with Crippen LogP contribution in [-0.2, 0) is 11.2 Å². The lowest BCUT2D eigenvalue weighted by Gasteiger charge is -2.24. The number of aliphatic hydroxyl groups excluding tert-OH is 1. The molecule has 1 saturated heterocycles. The topological polar surface area (TPSA) is 79.0 Å².